The van der Waals surface area contributed by atoms with Gasteiger partial charge in [0.1, 0.15) is 0 Å². The predicted molar refractivity (Wildman–Crippen MR) is 83.7 cm³/mol. The molecule has 6 nitrogen and oxygen atoms in total. The van der Waals surface area contributed by atoms with E-state index < -0.39 is 9.84 Å². The summed E-state index contributed by atoms with van der Waals surface area (Å²) in [5.41, 5.74) is 2.06. The van der Waals surface area contributed by atoms with Crippen LogP contribution in [-0.4, -0.2) is 41.7 Å². The Labute approximate surface area is 131 Å². The maximum Gasteiger partial charge on any atom is 0.255 e. The van der Waals surface area contributed by atoms with Crippen LogP contribution in [0, 0.1) is 13.8 Å². The Kier molecular flexibility index (Phi) is 4.01. The van der Waals surface area contributed by atoms with Gasteiger partial charge in [-0.3, -0.25) is 9.48 Å². The van der Waals surface area contributed by atoms with Crippen molar-refractivity contribution in [2.75, 3.05) is 11.5 Å². The maximum absolute atomic E-state index is 12.5. The number of carbonyl (C=O) groups excluding carboxylic acids is 1. The molecule has 7 heteroatoms. The zero-order chi connectivity index (χ0) is 15.9. The van der Waals surface area contributed by atoms with E-state index in [2.05, 4.69) is 10.4 Å². The molecule has 0 radical (unpaired) electrons. The van der Waals surface area contributed by atoms with Crippen LogP contribution in [0.3, 0.4) is 0 Å². The zero-order valence-corrected chi connectivity index (χ0v) is 13.9. The lowest BCUT2D eigenvalue weighted by Crippen LogP contribution is -2.33. The third-order valence-electron chi connectivity index (χ3n) is 4.80. The van der Waals surface area contributed by atoms with Crippen molar-refractivity contribution in [1.82, 2.24) is 15.1 Å². The fourth-order valence-corrected chi connectivity index (χ4v) is 5.34. The molecule has 0 spiro atoms. The Morgan fingerprint density at radius 1 is 1.23 bits per heavy atom. The Hall–Kier alpha value is -1.37. The molecule has 1 aromatic heterocycles. The molecule has 1 aliphatic carbocycles. The van der Waals surface area contributed by atoms with E-state index in [4.69, 9.17) is 0 Å². The smallest absolute Gasteiger partial charge is 0.255 e. The van der Waals surface area contributed by atoms with Crippen LogP contribution < -0.4 is 5.32 Å². The summed E-state index contributed by atoms with van der Waals surface area (Å²) >= 11 is 0. The van der Waals surface area contributed by atoms with E-state index >= 15 is 0 Å². The predicted octanol–water partition coefficient (Wildman–Crippen LogP) is 1.53. The van der Waals surface area contributed by atoms with Crippen molar-refractivity contribution in [2.24, 2.45) is 0 Å². The Morgan fingerprint density at radius 3 is 2.50 bits per heavy atom. The van der Waals surface area contributed by atoms with Crippen molar-refractivity contribution in [3.05, 3.63) is 17.0 Å². The SMILES string of the molecule is Cc1nn(C2CCS(=O)(=O)C2)c(C)c1C(=O)NC1CCCC1. The number of amides is 1. The zero-order valence-electron chi connectivity index (χ0n) is 13.1. The second-order valence-electron chi connectivity index (χ2n) is 6.50. The van der Waals surface area contributed by atoms with Crippen molar-refractivity contribution < 1.29 is 13.2 Å². The Bertz CT molecular complexity index is 687. The van der Waals surface area contributed by atoms with E-state index in [1.54, 1.807) is 4.68 Å². The summed E-state index contributed by atoms with van der Waals surface area (Å²) in [5, 5.41) is 7.53. The number of nitrogens with zero attached hydrogens (tertiary/aromatic N) is 2. The van der Waals surface area contributed by atoms with Crippen LogP contribution in [0.5, 0.6) is 0 Å². The molecule has 2 aliphatic rings. The first-order valence-electron chi connectivity index (χ1n) is 7.94. The van der Waals surface area contributed by atoms with E-state index in [-0.39, 0.29) is 29.5 Å². The second-order valence-corrected chi connectivity index (χ2v) is 8.73. The van der Waals surface area contributed by atoms with Crippen molar-refractivity contribution in [3.63, 3.8) is 0 Å². The number of aryl methyl sites for hydroxylation is 1. The van der Waals surface area contributed by atoms with Gasteiger partial charge in [0.05, 0.1) is 28.8 Å². The summed E-state index contributed by atoms with van der Waals surface area (Å²) in [6.45, 7) is 3.67. The van der Waals surface area contributed by atoms with E-state index in [1.165, 1.54) is 12.8 Å². The maximum atomic E-state index is 12.5. The van der Waals surface area contributed by atoms with Crippen molar-refractivity contribution in [2.45, 2.75) is 58.0 Å². The fraction of sp³-hybridized carbons (Fsp3) is 0.733. The molecular weight excluding hydrogens is 302 g/mol. The van der Waals surface area contributed by atoms with Crippen LogP contribution >= 0.6 is 0 Å². The minimum absolute atomic E-state index is 0.0750. The molecule has 0 aromatic carbocycles. The molecule has 1 saturated heterocycles. The van der Waals surface area contributed by atoms with E-state index in [9.17, 15) is 13.2 Å². The summed E-state index contributed by atoms with van der Waals surface area (Å²) in [4.78, 5) is 12.5. The molecule has 122 valence electrons. The summed E-state index contributed by atoms with van der Waals surface area (Å²) in [5.74, 6) is 0.257. The average Bonchev–Trinajstić information content (AvgIpc) is 3.10. The molecule has 1 N–H and O–H groups in total. The van der Waals surface area contributed by atoms with Gasteiger partial charge in [0.2, 0.25) is 0 Å². The highest BCUT2D eigenvalue weighted by Gasteiger charge is 2.32. The van der Waals surface area contributed by atoms with E-state index in [0.29, 0.717) is 17.7 Å². The highest BCUT2D eigenvalue weighted by Crippen LogP contribution is 2.27. The van der Waals surface area contributed by atoms with Gasteiger partial charge in [0, 0.05) is 11.7 Å². The fourth-order valence-electron chi connectivity index (χ4n) is 3.64. The van der Waals surface area contributed by atoms with Gasteiger partial charge in [-0.2, -0.15) is 5.10 Å². The lowest BCUT2D eigenvalue weighted by atomic mass is 10.1. The molecule has 22 heavy (non-hydrogen) atoms. The standard InChI is InChI=1S/C15H23N3O3S/c1-10-14(15(19)16-12-5-3-4-6-12)11(2)18(17-10)13-7-8-22(20,21)9-13/h12-13H,3-9H2,1-2H3,(H,16,19). The Balaban J connectivity index is 1.82. The van der Waals surface area contributed by atoms with Crippen molar-refractivity contribution >= 4 is 15.7 Å². The van der Waals surface area contributed by atoms with Crippen LogP contribution in [0.2, 0.25) is 0 Å². The minimum atomic E-state index is -2.96. The number of carbonyl (C=O) groups is 1. The van der Waals surface area contributed by atoms with Gasteiger partial charge in [0.25, 0.3) is 5.91 Å². The molecule has 3 rings (SSSR count). The molecule has 1 atom stereocenters. The third kappa shape index (κ3) is 2.91. The monoisotopic (exact) mass is 325 g/mol. The van der Waals surface area contributed by atoms with Gasteiger partial charge in [0.15, 0.2) is 9.84 Å². The van der Waals surface area contributed by atoms with Crippen LogP contribution in [0.25, 0.3) is 0 Å². The first-order valence-corrected chi connectivity index (χ1v) is 9.76. The number of nitrogens with one attached hydrogen (secondary N) is 1. The highest BCUT2D eigenvalue weighted by atomic mass is 32.2. The molecule has 2 fully saturated rings. The molecule has 1 saturated carbocycles. The molecule has 1 unspecified atom stereocenters. The van der Waals surface area contributed by atoms with Crippen LogP contribution in [0.4, 0.5) is 0 Å². The van der Waals surface area contributed by atoms with E-state index in [1.807, 2.05) is 13.8 Å². The van der Waals surface area contributed by atoms with Gasteiger partial charge in [-0.1, -0.05) is 12.8 Å². The number of sulfone groups is 1. The lowest BCUT2D eigenvalue weighted by molar-refractivity contribution is 0.0936. The topological polar surface area (TPSA) is 81.1 Å². The highest BCUT2D eigenvalue weighted by molar-refractivity contribution is 7.91. The first-order chi connectivity index (χ1) is 10.4. The molecular formula is C15H23N3O3S. The molecule has 1 amide bonds. The lowest BCUT2D eigenvalue weighted by Gasteiger charge is -2.13. The van der Waals surface area contributed by atoms with Crippen molar-refractivity contribution in [3.8, 4) is 0 Å². The molecule has 1 aliphatic heterocycles. The number of hydrogen-bond donors (Lipinski definition) is 1. The average molecular weight is 325 g/mol. The van der Waals surface area contributed by atoms with E-state index in [0.717, 1.165) is 18.5 Å². The van der Waals surface area contributed by atoms with Gasteiger partial charge in [-0.15, -0.1) is 0 Å². The van der Waals surface area contributed by atoms with Crippen LogP contribution in [0.1, 0.15) is 59.9 Å². The van der Waals surface area contributed by atoms with Gasteiger partial charge < -0.3 is 5.32 Å². The second kappa shape index (κ2) is 5.68. The van der Waals surface area contributed by atoms with Crippen LogP contribution in [0.15, 0.2) is 0 Å². The molecule has 1 aromatic rings. The summed E-state index contributed by atoms with van der Waals surface area (Å²) in [6, 6.07) is 0.123. The third-order valence-corrected chi connectivity index (χ3v) is 6.55. The largest absolute Gasteiger partial charge is 0.349 e. The molecule has 2 heterocycles. The summed E-state index contributed by atoms with van der Waals surface area (Å²) < 4.78 is 25.1. The summed E-state index contributed by atoms with van der Waals surface area (Å²) in [6.07, 6.45) is 5.00. The molecule has 0 bridgehead atoms. The van der Waals surface area contributed by atoms with Gasteiger partial charge in [-0.05, 0) is 33.1 Å². The first kappa shape index (κ1) is 15.5. The number of hydrogen-bond acceptors (Lipinski definition) is 4. The van der Waals surface area contributed by atoms with Gasteiger partial charge >= 0.3 is 0 Å². The minimum Gasteiger partial charge on any atom is -0.349 e. The number of rotatable bonds is 3. The number of aromatic nitrogens is 2. The Morgan fingerprint density at radius 2 is 1.91 bits per heavy atom. The summed E-state index contributed by atoms with van der Waals surface area (Å²) in [7, 11) is -2.96. The quantitative estimate of drug-likeness (QED) is 0.914. The van der Waals surface area contributed by atoms with Gasteiger partial charge in [-0.25, -0.2) is 8.42 Å². The normalized spacial score (nSPS) is 24.7. The van der Waals surface area contributed by atoms with Crippen LogP contribution in [-0.2, 0) is 9.84 Å². The van der Waals surface area contributed by atoms with Crippen molar-refractivity contribution in [1.29, 1.82) is 0 Å².